The number of aromatic nitrogens is 1. The summed E-state index contributed by atoms with van der Waals surface area (Å²) in [6.07, 6.45) is 1.67. The van der Waals surface area contributed by atoms with Crippen molar-refractivity contribution in [1.29, 1.82) is 0 Å². The van der Waals surface area contributed by atoms with E-state index in [9.17, 15) is 4.79 Å². The highest BCUT2D eigenvalue weighted by Crippen LogP contribution is 2.10. The van der Waals surface area contributed by atoms with Crippen molar-refractivity contribution in [2.75, 3.05) is 31.5 Å². The fourth-order valence-electron chi connectivity index (χ4n) is 1.93. The molecule has 0 aromatic carbocycles. The van der Waals surface area contributed by atoms with Crippen LogP contribution in [-0.4, -0.2) is 48.0 Å². The molecular formula is C12H17BrN4O. The van der Waals surface area contributed by atoms with Crippen LogP contribution >= 0.6 is 15.9 Å². The molecule has 1 saturated heterocycles. The van der Waals surface area contributed by atoms with Gasteiger partial charge in [-0.2, -0.15) is 0 Å². The van der Waals surface area contributed by atoms with E-state index in [1.54, 1.807) is 12.3 Å². The Labute approximate surface area is 115 Å². The van der Waals surface area contributed by atoms with Crippen LogP contribution in [0.5, 0.6) is 0 Å². The van der Waals surface area contributed by atoms with Crippen LogP contribution in [0.3, 0.4) is 0 Å². The first-order valence-electron chi connectivity index (χ1n) is 6.01. The topological polar surface area (TPSA) is 57.3 Å². The predicted octanol–water partition coefficient (Wildman–Crippen LogP) is 1.08. The zero-order chi connectivity index (χ0) is 13.0. The first kappa shape index (κ1) is 13.5. The first-order chi connectivity index (χ1) is 8.65. The number of nitrogens with zero attached hydrogens (tertiary/aromatic N) is 2. The molecule has 98 valence electrons. The Kier molecular flexibility index (Phi) is 4.68. The number of nitrogens with one attached hydrogen (secondary N) is 2. The highest BCUT2D eigenvalue weighted by molar-refractivity contribution is 9.10. The van der Waals surface area contributed by atoms with Crippen LogP contribution < -0.4 is 10.6 Å². The summed E-state index contributed by atoms with van der Waals surface area (Å²) >= 11 is 3.31. The van der Waals surface area contributed by atoms with E-state index in [1.165, 1.54) is 0 Å². The van der Waals surface area contributed by atoms with Gasteiger partial charge in [-0.05, 0) is 35.0 Å². The van der Waals surface area contributed by atoms with E-state index in [0.29, 0.717) is 18.4 Å². The summed E-state index contributed by atoms with van der Waals surface area (Å²) in [5.41, 5.74) is 0. The minimum atomic E-state index is -0.0152. The molecule has 0 radical (unpaired) electrons. The van der Waals surface area contributed by atoms with E-state index in [-0.39, 0.29) is 5.91 Å². The monoisotopic (exact) mass is 312 g/mol. The van der Waals surface area contributed by atoms with E-state index in [4.69, 9.17) is 0 Å². The lowest BCUT2D eigenvalue weighted by molar-refractivity contribution is -0.118. The zero-order valence-electron chi connectivity index (χ0n) is 10.3. The Bertz CT molecular complexity index is 409. The number of pyridine rings is 1. The van der Waals surface area contributed by atoms with Crippen molar-refractivity contribution in [2.45, 2.75) is 13.0 Å². The Morgan fingerprint density at radius 1 is 1.67 bits per heavy atom. The summed E-state index contributed by atoms with van der Waals surface area (Å²) in [6.45, 7) is 5.32. The lowest BCUT2D eigenvalue weighted by atomic mass is 10.2. The molecule has 1 fully saturated rings. The van der Waals surface area contributed by atoms with Gasteiger partial charge in [-0.15, -0.1) is 0 Å². The maximum Gasteiger partial charge on any atom is 0.239 e. The van der Waals surface area contributed by atoms with Crippen molar-refractivity contribution >= 4 is 27.7 Å². The van der Waals surface area contributed by atoms with Crippen LogP contribution in [0.4, 0.5) is 5.82 Å². The number of carbonyl (C=O) groups is 1. The minimum Gasteiger partial charge on any atom is -0.314 e. The molecule has 2 rings (SSSR count). The van der Waals surface area contributed by atoms with Gasteiger partial charge in [0.2, 0.25) is 5.91 Å². The Morgan fingerprint density at radius 2 is 2.50 bits per heavy atom. The Morgan fingerprint density at radius 3 is 3.17 bits per heavy atom. The summed E-state index contributed by atoms with van der Waals surface area (Å²) in [4.78, 5) is 18.2. The highest BCUT2D eigenvalue weighted by atomic mass is 79.9. The highest BCUT2D eigenvalue weighted by Gasteiger charge is 2.20. The van der Waals surface area contributed by atoms with Crippen molar-refractivity contribution in [3.63, 3.8) is 0 Å². The maximum atomic E-state index is 11.9. The van der Waals surface area contributed by atoms with Crippen LogP contribution in [-0.2, 0) is 4.79 Å². The summed E-state index contributed by atoms with van der Waals surface area (Å²) in [6, 6.07) is 4.03. The van der Waals surface area contributed by atoms with Gasteiger partial charge in [0.15, 0.2) is 0 Å². The number of hydrogen-bond acceptors (Lipinski definition) is 4. The third-order valence-electron chi connectivity index (χ3n) is 2.98. The molecule has 2 heterocycles. The van der Waals surface area contributed by atoms with Crippen LogP contribution in [0.15, 0.2) is 22.8 Å². The maximum absolute atomic E-state index is 11.9. The second-order valence-corrected chi connectivity index (χ2v) is 5.35. The molecular weight excluding hydrogens is 296 g/mol. The predicted molar refractivity (Wildman–Crippen MR) is 74.5 cm³/mol. The quantitative estimate of drug-likeness (QED) is 0.877. The van der Waals surface area contributed by atoms with Gasteiger partial charge < -0.3 is 10.6 Å². The second kappa shape index (κ2) is 6.26. The lowest BCUT2D eigenvalue weighted by Crippen LogP contribution is -2.52. The van der Waals surface area contributed by atoms with Crippen LogP contribution in [0, 0.1) is 0 Å². The molecule has 1 aliphatic heterocycles. The molecule has 0 bridgehead atoms. The van der Waals surface area contributed by atoms with Gasteiger partial charge in [0, 0.05) is 36.3 Å². The SMILES string of the molecule is C[C@@H]1CNCCN1CC(=O)Nc1ccc(Br)cn1. The molecule has 6 heteroatoms. The molecule has 0 unspecified atom stereocenters. The largest absolute Gasteiger partial charge is 0.314 e. The molecule has 18 heavy (non-hydrogen) atoms. The van der Waals surface area contributed by atoms with Crippen molar-refractivity contribution in [3.8, 4) is 0 Å². The van der Waals surface area contributed by atoms with Crippen molar-refractivity contribution < 1.29 is 4.79 Å². The fraction of sp³-hybridized carbons (Fsp3) is 0.500. The fourth-order valence-corrected chi connectivity index (χ4v) is 2.17. The van der Waals surface area contributed by atoms with Crippen LogP contribution in [0.2, 0.25) is 0 Å². The first-order valence-corrected chi connectivity index (χ1v) is 6.80. The number of piperazine rings is 1. The third-order valence-corrected chi connectivity index (χ3v) is 3.45. The molecule has 1 aromatic heterocycles. The normalized spacial score (nSPS) is 20.7. The molecule has 1 atom stereocenters. The molecule has 1 aromatic rings. The van der Waals surface area contributed by atoms with Crippen molar-refractivity contribution in [1.82, 2.24) is 15.2 Å². The van der Waals surface area contributed by atoms with Gasteiger partial charge in [0.1, 0.15) is 5.82 Å². The van der Waals surface area contributed by atoms with E-state index in [2.05, 4.69) is 43.4 Å². The summed E-state index contributed by atoms with van der Waals surface area (Å²) < 4.78 is 0.899. The van der Waals surface area contributed by atoms with Crippen molar-refractivity contribution in [3.05, 3.63) is 22.8 Å². The zero-order valence-corrected chi connectivity index (χ0v) is 11.9. The molecule has 5 nitrogen and oxygen atoms in total. The van der Waals surface area contributed by atoms with Gasteiger partial charge in [-0.1, -0.05) is 0 Å². The number of carbonyl (C=O) groups excluding carboxylic acids is 1. The summed E-state index contributed by atoms with van der Waals surface area (Å²) in [7, 11) is 0. The average Bonchev–Trinajstić information content (AvgIpc) is 2.35. The standard InChI is InChI=1S/C12H17BrN4O/c1-9-6-14-4-5-17(9)8-12(18)16-11-3-2-10(13)7-15-11/h2-3,7,9,14H,4-6,8H2,1H3,(H,15,16,18)/t9-/m1/s1. The van der Waals surface area contributed by atoms with E-state index < -0.39 is 0 Å². The molecule has 2 N–H and O–H groups in total. The van der Waals surface area contributed by atoms with Gasteiger partial charge in [0.05, 0.1) is 6.54 Å². The van der Waals surface area contributed by atoms with Gasteiger partial charge in [-0.25, -0.2) is 4.98 Å². The minimum absolute atomic E-state index is 0.0152. The van der Waals surface area contributed by atoms with E-state index in [0.717, 1.165) is 24.1 Å². The molecule has 0 saturated carbocycles. The van der Waals surface area contributed by atoms with Gasteiger partial charge >= 0.3 is 0 Å². The average molecular weight is 313 g/mol. The smallest absolute Gasteiger partial charge is 0.239 e. The Hall–Kier alpha value is -0.980. The molecule has 0 aliphatic carbocycles. The number of halogens is 1. The number of amides is 1. The van der Waals surface area contributed by atoms with Gasteiger partial charge in [-0.3, -0.25) is 9.69 Å². The lowest BCUT2D eigenvalue weighted by Gasteiger charge is -2.33. The number of rotatable bonds is 3. The van der Waals surface area contributed by atoms with Crippen molar-refractivity contribution in [2.24, 2.45) is 0 Å². The third kappa shape index (κ3) is 3.76. The number of hydrogen-bond donors (Lipinski definition) is 2. The molecule has 1 amide bonds. The van der Waals surface area contributed by atoms with Crippen LogP contribution in [0.1, 0.15) is 6.92 Å². The summed E-state index contributed by atoms with van der Waals surface area (Å²) in [5, 5.41) is 6.11. The Balaban J connectivity index is 1.86. The summed E-state index contributed by atoms with van der Waals surface area (Å²) in [5.74, 6) is 0.574. The van der Waals surface area contributed by atoms with E-state index in [1.807, 2.05) is 6.07 Å². The molecule has 1 aliphatic rings. The number of anilines is 1. The molecule has 0 spiro atoms. The second-order valence-electron chi connectivity index (χ2n) is 4.43. The van der Waals surface area contributed by atoms with E-state index >= 15 is 0 Å². The van der Waals surface area contributed by atoms with Crippen LogP contribution in [0.25, 0.3) is 0 Å². The van der Waals surface area contributed by atoms with Gasteiger partial charge in [0.25, 0.3) is 0 Å².